The zero-order chi connectivity index (χ0) is 14.4. The molecule has 102 valence electrons. The zero-order valence-electron chi connectivity index (χ0n) is 9.72. The highest BCUT2D eigenvalue weighted by Crippen LogP contribution is 2.12. The fourth-order valence-electron chi connectivity index (χ4n) is 1.29. The summed E-state index contributed by atoms with van der Waals surface area (Å²) >= 11 is 2.08. The fourth-order valence-corrected chi connectivity index (χ4v) is 1.84. The maximum Gasteiger partial charge on any atom is 0.326 e. The van der Waals surface area contributed by atoms with Crippen molar-refractivity contribution < 1.29 is 19.5 Å². The second-order valence-corrected chi connectivity index (χ2v) is 4.92. The van der Waals surface area contributed by atoms with Crippen LogP contribution in [0, 0.1) is 3.57 Å². The Morgan fingerprint density at radius 2 is 2.05 bits per heavy atom. The Bertz CT molecular complexity index is 506. The number of carboxylic acids is 1. The van der Waals surface area contributed by atoms with E-state index in [2.05, 4.69) is 33.2 Å². The molecule has 1 atom stereocenters. The summed E-state index contributed by atoms with van der Waals surface area (Å²) in [6.07, 6.45) is -0.463. The molecule has 1 aromatic carbocycles. The lowest BCUT2D eigenvalue weighted by molar-refractivity contribution is -0.140. The van der Waals surface area contributed by atoms with E-state index in [4.69, 9.17) is 10.8 Å². The molecule has 0 spiro atoms. The molecule has 0 radical (unpaired) electrons. The summed E-state index contributed by atoms with van der Waals surface area (Å²) in [6.45, 7) is 0. The Balaban J connectivity index is 2.62. The number of amides is 3. The Morgan fingerprint density at radius 3 is 2.58 bits per heavy atom. The minimum absolute atomic E-state index is 0.463. The number of carboxylic acid groups (broad SMARTS) is 1. The highest BCUT2D eigenvalue weighted by atomic mass is 127. The van der Waals surface area contributed by atoms with Crippen LogP contribution in [0.15, 0.2) is 24.3 Å². The van der Waals surface area contributed by atoms with Crippen molar-refractivity contribution in [2.24, 2.45) is 5.73 Å². The molecule has 19 heavy (non-hydrogen) atoms. The molecular formula is C11H12IN3O4. The SMILES string of the molecule is NC(=O)C[C@H](NC(=O)Nc1cccc(I)c1)C(=O)O. The van der Waals surface area contributed by atoms with Gasteiger partial charge in [-0.05, 0) is 40.8 Å². The molecule has 7 nitrogen and oxygen atoms in total. The number of carbonyl (C=O) groups is 3. The number of rotatable bonds is 5. The van der Waals surface area contributed by atoms with E-state index >= 15 is 0 Å². The van der Waals surface area contributed by atoms with E-state index in [1.54, 1.807) is 18.2 Å². The van der Waals surface area contributed by atoms with E-state index < -0.39 is 30.4 Å². The van der Waals surface area contributed by atoms with Crippen molar-refractivity contribution in [3.63, 3.8) is 0 Å². The first kappa shape index (κ1) is 15.2. The standard InChI is InChI=1S/C11H12IN3O4/c12-6-2-1-3-7(4-6)14-11(19)15-8(10(17)18)5-9(13)16/h1-4,8H,5H2,(H2,13,16)(H,17,18)(H2,14,15,19)/t8-/m0/s1. The molecule has 1 aromatic rings. The first-order valence-corrected chi connectivity index (χ1v) is 6.30. The monoisotopic (exact) mass is 377 g/mol. The molecule has 8 heteroatoms. The van der Waals surface area contributed by atoms with E-state index in [0.29, 0.717) is 5.69 Å². The summed E-state index contributed by atoms with van der Waals surface area (Å²) in [5.41, 5.74) is 5.43. The number of hydrogen-bond acceptors (Lipinski definition) is 3. The molecule has 0 fully saturated rings. The number of anilines is 1. The molecule has 0 aromatic heterocycles. The first-order valence-electron chi connectivity index (χ1n) is 5.22. The van der Waals surface area contributed by atoms with Crippen molar-refractivity contribution in [3.8, 4) is 0 Å². The van der Waals surface area contributed by atoms with Crippen molar-refractivity contribution in [1.29, 1.82) is 0 Å². The predicted octanol–water partition coefficient (Wildman–Crippen LogP) is 0.741. The van der Waals surface area contributed by atoms with Crippen LogP contribution in [0.25, 0.3) is 0 Å². The van der Waals surface area contributed by atoms with Crippen LogP contribution in [0.3, 0.4) is 0 Å². The molecule has 0 heterocycles. The quantitative estimate of drug-likeness (QED) is 0.566. The second-order valence-electron chi connectivity index (χ2n) is 3.67. The largest absolute Gasteiger partial charge is 0.480 e. The van der Waals surface area contributed by atoms with E-state index in [0.717, 1.165) is 3.57 Å². The van der Waals surface area contributed by atoms with Crippen LogP contribution in [0.5, 0.6) is 0 Å². The molecule has 0 aliphatic carbocycles. The van der Waals surface area contributed by atoms with Crippen molar-refractivity contribution in [1.82, 2.24) is 5.32 Å². The number of aliphatic carboxylic acids is 1. The maximum atomic E-state index is 11.6. The number of benzene rings is 1. The van der Waals surface area contributed by atoms with Crippen molar-refractivity contribution in [2.45, 2.75) is 12.5 Å². The van der Waals surface area contributed by atoms with E-state index in [-0.39, 0.29) is 0 Å². The van der Waals surface area contributed by atoms with Crippen LogP contribution in [0.2, 0.25) is 0 Å². The highest BCUT2D eigenvalue weighted by Gasteiger charge is 2.22. The van der Waals surface area contributed by atoms with Crippen molar-refractivity contribution in [3.05, 3.63) is 27.8 Å². The van der Waals surface area contributed by atoms with Gasteiger partial charge in [0.15, 0.2) is 0 Å². The van der Waals surface area contributed by atoms with Gasteiger partial charge in [0.2, 0.25) is 5.91 Å². The minimum Gasteiger partial charge on any atom is -0.480 e. The van der Waals surface area contributed by atoms with Gasteiger partial charge in [0.1, 0.15) is 6.04 Å². The summed E-state index contributed by atoms with van der Waals surface area (Å²) in [5, 5.41) is 13.5. The molecule has 3 amide bonds. The number of nitrogens with one attached hydrogen (secondary N) is 2. The van der Waals surface area contributed by atoms with E-state index in [1.165, 1.54) is 0 Å². The Labute approximate surface area is 122 Å². The van der Waals surface area contributed by atoms with Crippen LogP contribution in [-0.4, -0.2) is 29.1 Å². The van der Waals surface area contributed by atoms with Crippen LogP contribution < -0.4 is 16.4 Å². The van der Waals surface area contributed by atoms with Gasteiger partial charge in [-0.25, -0.2) is 9.59 Å². The summed E-state index contributed by atoms with van der Waals surface area (Å²) < 4.78 is 0.919. The van der Waals surface area contributed by atoms with Gasteiger partial charge in [-0.15, -0.1) is 0 Å². The zero-order valence-corrected chi connectivity index (χ0v) is 11.9. The van der Waals surface area contributed by atoms with Gasteiger partial charge in [0, 0.05) is 9.26 Å². The average Bonchev–Trinajstić information content (AvgIpc) is 2.27. The van der Waals surface area contributed by atoms with Gasteiger partial charge < -0.3 is 21.5 Å². The van der Waals surface area contributed by atoms with Gasteiger partial charge in [0.05, 0.1) is 6.42 Å². The van der Waals surface area contributed by atoms with Gasteiger partial charge in [0.25, 0.3) is 0 Å². The Kier molecular flexibility index (Phi) is 5.55. The molecule has 0 bridgehead atoms. The Hall–Kier alpha value is -1.84. The van der Waals surface area contributed by atoms with Crippen LogP contribution >= 0.6 is 22.6 Å². The fraction of sp³-hybridized carbons (Fsp3) is 0.182. The predicted molar refractivity (Wildman–Crippen MR) is 76.5 cm³/mol. The third kappa shape index (κ3) is 5.55. The number of halogens is 1. The van der Waals surface area contributed by atoms with Gasteiger partial charge in [-0.3, -0.25) is 4.79 Å². The van der Waals surface area contributed by atoms with Crippen LogP contribution in [-0.2, 0) is 9.59 Å². The first-order chi connectivity index (χ1) is 8.88. The number of carbonyl (C=O) groups excluding carboxylic acids is 2. The molecule has 5 N–H and O–H groups in total. The molecule has 0 unspecified atom stereocenters. The summed E-state index contributed by atoms with van der Waals surface area (Å²) in [6, 6.07) is 4.90. The highest BCUT2D eigenvalue weighted by molar-refractivity contribution is 14.1. The third-order valence-electron chi connectivity index (χ3n) is 2.09. The normalized spacial score (nSPS) is 11.4. The van der Waals surface area contributed by atoms with Crippen molar-refractivity contribution >= 4 is 46.2 Å². The van der Waals surface area contributed by atoms with Gasteiger partial charge in [-0.2, -0.15) is 0 Å². The second kappa shape index (κ2) is 6.92. The number of nitrogens with two attached hydrogens (primary N) is 1. The molecule has 0 saturated carbocycles. The summed E-state index contributed by atoms with van der Waals surface area (Å²) in [7, 11) is 0. The van der Waals surface area contributed by atoms with Crippen molar-refractivity contribution in [2.75, 3.05) is 5.32 Å². The van der Waals surface area contributed by atoms with E-state index in [1.807, 2.05) is 6.07 Å². The minimum atomic E-state index is -1.35. The van der Waals surface area contributed by atoms with E-state index in [9.17, 15) is 14.4 Å². The summed E-state index contributed by atoms with van der Waals surface area (Å²) in [4.78, 5) is 33.1. The van der Waals surface area contributed by atoms with Gasteiger partial charge in [-0.1, -0.05) is 6.07 Å². The number of urea groups is 1. The van der Waals surface area contributed by atoms with Gasteiger partial charge >= 0.3 is 12.0 Å². The third-order valence-corrected chi connectivity index (χ3v) is 2.76. The van der Waals surface area contributed by atoms with Crippen LogP contribution in [0.4, 0.5) is 10.5 Å². The van der Waals surface area contributed by atoms with Crippen LogP contribution in [0.1, 0.15) is 6.42 Å². The Morgan fingerprint density at radius 1 is 1.37 bits per heavy atom. The topological polar surface area (TPSA) is 122 Å². The lowest BCUT2D eigenvalue weighted by Crippen LogP contribution is -2.45. The lowest BCUT2D eigenvalue weighted by Gasteiger charge is -2.13. The molecule has 1 rings (SSSR count). The maximum absolute atomic E-state index is 11.6. The molecular weight excluding hydrogens is 365 g/mol. The molecule has 0 aliphatic heterocycles. The lowest BCUT2D eigenvalue weighted by atomic mass is 10.2. The molecule has 0 aliphatic rings. The number of hydrogen-bond donors (Lipinski definition) is 4. The summed E-state index contributed by atoms with van der Waals surface area (Å²) in [5.74, 6) is -2.13. The number of primary amides is 1. The average molecular weight is 377 g/mol. The molecule has 0 saturated heterocycles. The smallest absolute Gasteiger partial charge is 0.326 e.